The van der Waals surface area contributed by atoms with Gasteiger partial charge in [0.1, 0.15) is 0 Å². The van der Waals surface area contributed by atoms with Crippen LogP contribution in [0.1, 0.15) is 59.0 Å². The van der Waals surface area contributed by atoms with Gasteiger partial charge in [-0.15, -0.1) is 23.5 Å². The highest BCUT2D eigenvalue weighted by Crippen LogP contribution is 2.45. The van der Waals surface area contributed by atoms with Crippen molar-refractivity contribution in [3.8, 4) is 0 Å². The largest absolute Gasteiger partial charge is 0.452 e. The molecule has 1 aromatic carbocycles. The number of hydrogen-bond donors (Lipinski definition) is 0. The molecule has 0 bridgehead atoms. The third-order valence-electron chi connectivity index (χ3n) is 5.93. The summed E-state index contributed by atoms with van der Waals surface area (Å²) in [6.45, 7) is 0.668. The predicted molar refractivity (Wildman–Crippen MR) is 111 cm³/mol. The minimum atomic E-state index is -0.404. The zero-order valence-electron chi connectivity index (χ0n) is 15.6. The van der Waals surface area contributed by atoms with Crippen LogP contribution < -0.4 is 0 Å². The number of fused-ring (bicyclic) bond motifs is 1. The van der Waals surface area contributed by atoms with Crippen molar-refractivity contribution in [1.29, 1.82) is 0 Å². The van der Waals surface area contributed by atoms with Crippen molar-refractivity contribution in [3.63, 3.8) is 0 Å². The number of hydrogen-bond acceptors (Lipinski definition) is 5. The van der Waals surface area contributed by atoms with Crippen LogP contribution in [0, 0.1) is 5.92 Å². The molecule has 1 amide bonds. The van der Waals surface area contributed by atoms with E-state index in [1.807, 2.05) is 52.7 Å². The van der Waals surface area contributed by atoms with E-state index >= 15 is 0 Å². The van der Waals surface area contributed by atoms with E-state index in [2.05, 4.69) is 0 Å². The molecule has 3 aliphatic rings. The van der Waals surface area contributed by atoms with Crippen LogP contribution in [-0.4, -0.2) is 47.5 Å². The third kappa shape index (κ3) is 4.48. The summed E-state index contributed by atoms with van der Waals surface area (Å²) in [5, 5.41) is 0. The average Bonchev–Trinajstić information content (AvgIpc) is 3.26. The summed E-state index contributed by atoms with van der Waals surface area (Å²) in [5.41, 5.74) is 1.76. The van der Waals surface area contributed by atoms with Crippen LogP contribution in [0.3, 0.4) is 0 Å². The van der Waals surface area contributed by atoms with Crippen LogP contribution in [0.25, 0.3) is 0 Å². The SMILES string of the molecule is O=C(OCC(=O)N1CCC[C@H]2CCCC[C@@H]21)c1ccc(C2SCCS2)cc1. The van der Waals surface area contributed by atoms with Crippen molar-refractivity contribution < 1.29 is 14.3 Å². The fourth-order valence-corrected chi connectivity index (χ4v) is 7.41. The van der Waals surface area contributed by atoms with Crippen LogP contribution in [0.5, 0.6) is 0 Å². The van der Waals surface area contributed by atoms with Crippen molar-refractivity contribution in [2.45, 2.75) is 49.1 Å². The van der Waals surface area contributed by atoms with E-state index < -0.39 is 5.97 Å². The first-order valence-electron chi connectivity index (χ1n) is 10.0. The molecule has 1 aliphatic carbocycles. The molecule has 4 rings (SSSR count). The van der Waals surface area contributed by atoms with Gasteiger partial charge in [-0.3, -0.25) is 4.79 Å². The molecule has 6 heteroatoms. The van der Waals surface area contributed by atoms with Crippen LogP contribution >= 0.6 is 23.5 Å². The fourth-order valence-electron chi connectivity index (χ4n) is 4.56. The lowest BCUT2D eigenvalue weighted by Crippen LogP contribution is -2.50. The normalized spacial score (nSPS) is 25.9. The Morgan fingerprint density at radius 2 is 1.70 bits per heavy atom. The number of piperidine rings is 1. The Morgan fingerprint density at radius 3 is 2.48 bits per heavy atom. The fraction of sp³-hybridized carbons (Fsp3) is 0.619. The highest BCUT2D eigenvalue weighted by atomic mass is 32.2. The lowest BCUT2D eigenvalue weighted by atomic mass is 9.78. The number of thioether (sulfide) groups is 2. The number of esters is 1. The van der Waals surface area contributed by atoms with Gasteiger partial charge in [-0.05, 0) is 49.3 Å². The molecule has 0 N–H and O–H groups in total. The van der Waals surface area contributed by atoms with Crippen LogP contribution in [0.15, 0.2) is 24.3 Å². The highest BCUT2D eigenvalue weighted by molar-refractivity contribution is 8.19. The maximum atomic E-state index is 12.7. The summed E-state index contributed by atoms with van der Waals surface area (Å²) in [7, 11) is 0. The lowest BCUT2D eigenvalue weighted by Gasteiger charge is -2.44. The van der Waals surface area contributed by atoms with Gasteiger partial charge in [0, 0.05) is 24.1 Å². The number of likely N-dealkylation sites (tertiary alicyclic amines) is 1. The first-order valence-corrected chi connectivity index (χ1v) is 12.1. The van der Waals surface area contributed by atoms with E-state index in [1.165, 1.54) is 42.8 Å². The molecule has 0 aromatic heterocycles. The summed E-state index contributed by atoms with van der Waals surface area (Å²) in [6.07, 6.45) is 7.12. The molecular weight excluding hydrogens is 378 g/mol. The zero-order valence-corrected chi connectivity index (χ0v) is 17.2. The minimum Gasteiger partial charge on any atom is -0.452 e. The van der Waals surface area contributed by atoms with E-state index in [-0.39, 0.29) is 12.5 Å². The number of amides is 1. The maximum absolute atomic E-state index is 12.7. The van der Waals surface area contributed by atoms with Gasteiger partial charge >= 0.3 is 5.97 Å². The molecule has 2 atom stereocenters. The van der Waals surface area contributed by atoms with Gasteiger partial charge in [-0.1, -0.05) is 25.0 Å². The van der Waals surface area contributed by atoms with E-state index in [9.17, 15) is 9.59 Å². The lowest BCUT2D eigenvalue weighted by molar-refractivity contribution is -0.140. The second kappa shape index (κ2) is 8.91. The molecule has 2 heterocycles. The maximum Gasteiger partial charge on any atom is 0.338 e. The summed E-state index contributed by atoms with van der Waals surface area (Å²) in [4.78, 5) is 27.0. The summed E-state index contributed by atoms with van der Waals surface area (Å²) < 4.78 is 5.82. The molecule has 4 nitrogen and oxygen atoms in total. The topological polar surface area (TPSA) is 46.6 Å². The minimum absolute atomic E-state index is 0.0321. The molecule has 3 fully saturated rings. The van der Waals surface area contributed by atoms with Gasteiger partial charge in [-0.2, -0.15) is 0 Å². The molecular formula is C21H27NO3S2. The second-order valence-electron chi connectivity index (χ2n) is 7.61. The van der Waals surface area contributed by atoms with E-state index in [0.29, 0.717) is 22.1 Å². The van der Waals surface area contributed by atoms with Gasteiger partial charge < -0.3 is 9.64 Å². The first-order chi connectivity index (χ1) is 13.2. The Bertz CT molecular complexity index is 671. The molecule has 146 valence electrons. The van der Waals surface area contributed by atoms with Crippen molar-refractivity contribution >= 4 is 35.4 Å². The average molecular weight is 406 g/mol. The second-order valence-corrected chi connectivity index (χ2v) is 10.3. The summed E-state index contributed by atoms with van der Waals surface area (Å²) in [6, 6.07) is 8.01. The highest BCUT2D eigenvalue weighted by Gasteiger charge is 2.35. The monoisotopic (exact) mass is 405 g/mol. The Hall–Kier alpha value is -1.14. The van der Waals surface area contributed by atoms with E-state index in [4.69, 9.17) is 4.74 Å². The number of benzene rings is 1. The van der Waals surface area contributed by atoms with E-state index in [0.717, 1.165) is 19.4 Å². The molecule has 27 heavy (non-hydrogen) atoms. The molecule has 1 aromatic rings. The van der Waals surface area contributed by atoms with E-state index in [1.54, 1.807) is 0 Å². The van der Waals surface area contributed by atoms with Crippen molar-refractivity contribution in [2.75, 3.05) is 24.7 Å². The Kier molecular flexibility index (Phi) is 6.33. The zero-order chi connectivity index (χ0) is 18.6. The van der Waals surface area contributed by atoms with Gasteiger partial charge in [0.25, 0.3) is 5.91 Å². The molecule has 0 spiro atoms. The Morgan fingerprint density at radius 1 is 1.00 bits per heavy atom. The smallest absolute Gasteiger partial charge is 0.338 e. The number of carbonyl (C=O) groups excluding carboxylic acids is 2. The molecule has 2 aliphatic heterocycles. The predicted octanol–water partition coefficient (Wildman–Crippen LogP) is 4.50. The number of rotatable bonds is 4. The third-order valence-corrected chi connectivity index (χ3v) is 9.04. The molecule has 2 saturated heterocycles. The number of ether oxygens (including phenoxy) is 1. The number of nitrogens with zero attached hydrogens (tertiary/aromatic N) is 1. The molecule has 1 saturated carbocycles. The van der Waals surface area contributed by atoms with Gasteiger partial charge in [0.2, 0.25) is 0 Å². The quantitative estimate of drug-likeness (QED) is 0.690. The van der Waals surface area contributed by atoms with Gasteiger partial charge in [0.15, 0.2) is 6.61 Å². The summed E-state index contributed by atoms with van der Waals surface area (Å²) >= 11 is 3.89. The molecule has 0 unspecified atom stereocenters. The van der Waals surface area contributed by atoms with Crippen LogP contribution in [0.4, 0.5) is 0 Å². The first kappa shape index (κ1) is 19.2. The van der Waals surface area contributed by atoms with Crippen molar-refractivity contribution in [3.05, 3.63) is 35.4 Å². The molecule has 0 radical (unpaired) electrons. The Labute approximate surface area is 169 Å². The summed E-state index contributed by atoms with van der Waals surface area (Å²) in [5.74, 6) is 2.57. The van der Waals surface area contributed by atoms with Crippen molar-refractivity contribution in [2.24, 2.45) is 5.92 Å². The standard InChI is InChI=1S/C21H27NO3S2/c23-19(22-11-3-5-15-4-1-2-6-18(15)22)14-25-20(24)16-7-9-17(10-8-16)21-26-12-13-27-21/h7-10,15,18,21H,1-6,11-14H2/t15-,18+/m1/s1. The van der Waals surface area contributed by atoms with Gasteiger partial charge in [0.05, 0.1) is 10.1 Å². The van der Waals surface area contributed by atoms with Crippen molar-refractivity contribution in [1.82, 2.24) is 4.90 Å². The number of carbonyl (C=O) groups is 2. The Balaban J connectivity index is 1.31. The van der Waals surface area contributed by atoms with Crippen LogP contribution in [0.2, 0.25) is 0 Å². The van der Waals surface area contributed by atoms with Gasteiger partial charge in [-0.25, -0.2) is 4.79 Å². The van der Waals surface area contributed by atoms with Crippen LogP contribution in [-0.2, 0) is 9.53 Å².